The molecule has 0 bridgehead atoms. The topological polar surface area (TPSA) is 0 Å². The molecule has 0 aliphatic heterocycles. The van der Waals surface area contributed by atoms with Crippen LogP contribution in [0.15, 0.2) is 0 Å². The van der Waals surface area contributed by atoms with Crippen LogP contribution in [0.4, 0.5) is 0 Å². The van der Waals surface area contributed by atoms with Gasteiger partial charge in [0.25, 0.3) is 0 Å². The van der Waals surface area contributed by atoms with Gasteiger partial charge in [-0.25, -0.2) is 0 Å². The molecule has 0 spiro atoms. The van der Waals surface area contributed by atoms with Crippen molar-refractivity contribution in [3.63, 3.8) is 0 Å². The van der Waals surface area contributed by atoms with Gasteiger partial charge in [-0.05, 0) is 10.7 Å². The molecule has 0 heterocycles. The lowest BCUT2D eigenvalue weighted by atomic mass is 11.0. The number of hydrogen-bond donors (Lipinski definition) is 0. The molecule has 4 heteroatoms. The lowest BCUT2D eigenvalue weighted by Gasteiger charge is -1.82. The third-order valence-corrected chi connectivity index (χ3v) is 2.65. The first-order chi connectivity index (χ1) is 2.91. The summed E-state index contributed by atoms with van der Waals surface area (Å²) in [5.74, 6) is 1.61. The summed E-state index contributed by atoms with van der Waals surface area (Å²) in [6.07, 6.45) is 0. The zero-order chi connectivity index (χ0) is 4.83. The number of hydrogen-bond acceptors (Lipinski definition) is 2. The first-order valence-electron chi connectivity index (χ1n) is 1.38. The van der Waals surface area contributed by atoms with Crippen molar-refractivity contribution >= 4 is 43.1 Å². The molecule has 0 fully saturated rings. The molecule has 0 aromatic carbocycles. The maximum absolute atomic E-state index is 5.29. The minimum atomic E-state index is 0.685. The summed E-state index contributed by atoms with van der Waals surface area (Å²) in [5.41, 5.74) is 0. The molecule has 0 saturated carbocycles. The first-order valence-corrected chi connectivity index (χ1v) is 5.06. The van der Waals surface area contributed by atoms with Crippen molar-refractivity contribution in [2.75, 3.05) is 11.6 Å². The summed E-state index contributed by atoms with van der Waals surface area (Å²) in [4.78, 5) is 0. The Kier molecular flexibility index (Phi) is 7.62. The molecular formula is C2H4Cl2S2. The van der Waals surface area contributed by atoms with Crippen LogP contribution in [0.1, 0.15) is 0 Å². The Bertz CT molecular complexity index is 21.5. The molecule has 6 heavy (non-hydrogen) atoms. The third-order valence-electron chi connectivity index (χ3n) is 0.205. The van der Waals surface area contributed by atoms with Gasteiger partial charge in [-0.2, -0.15) is 0 Å². The quantitative estimate of drug-likeness (QED) is 0.356. The van der Waals surface area contributed by atoms with Gasteiger partial charge in [-0.15, -0.1) is 11.6 Å². The molecule has 0 rings (SSSR count). The van der Waals surface area contributed by atoms with Crippen LogP contribution in [-0.2, 0) is 0 Å². The molecule has 0 aromatic rings. The second-order valence-corrected chi connectivity index (χ2v) is 3.94. The van der Waals surface area contributed by atoms with Crippen LogP contribution in [0.2, 0.25) is 0 Å². The Morgan fingerprint density at radius 3 is 2.33 bits per heavy atom. The molecule has 0 saturated heterocycles. The van der Waals surface area contributed by atoms with Crippen molar-refractivity contribution in [3.8, 4) is 0 Å². The van der Waals surface area contributed by atoms with E-state index in [4.69, 9.17) is 22.3 Å². The Labute approximate surface area is 54.9 Å². The van der Waals surface area contributed by atoms with Crippen LogP contribution < -0.4 is 0 Å². The van der Waals surface area contributed by atoms with E-state index < -0.39 is 0 Å². The summed E-state index contributed by atoms with van der Waals surface area (Å²) in [6.45, 7) is 0. The predicted molar refractivity (Wildman–Crippen MR) is 36.6 cm³/mol. The van der Waals surface area contributed by atoms with E-state index in [9.17, 15) is 0 Å². The van der Waals surface area contributed by atoms with Gasteiger partial charge >= 0.3 is 0 Å². The van der Waals surface area contributed by atoms with Crippen LogP contribution in [0, 0.1) is 0 Å². The molecule has 0 aliphatic carbocycles. The normalized spacial score (nSPS) is 9.00. The molecule has 0 aromatic heterocycles. The predicted octanol–water partition coefficient (Wildman–Crippen LogP) is 2.76. The average molecular weight is 163 g/mol. The number of rotatable bonds is 3. The van der Waals surface area contributed by atoms with Gasteiger partial charge in [0.15, 0.2) is 0 Å². The van der Waals surface area contributed by atoms with Crippen molar-refractivity contribution < 1.29 is 0 Å². The molecule has 0 amide bonds. The molecule has 38 valence electrons. The van der Waals surface area contributed by atoms with E-state index in [1.54, 1.807) is 10.8 Å². The van der Waals surface area contributed by atoms with E-state index >= 15 is 0 Å². The van der Waals surface area contributed by atoms with Gasteiger partial charge in [0, 0.05) is 21.6 Å². The lowest BCUT2D eigenvalue weighted by molar-refractivity contribution is 1.55. The summed E-state index contributed by atoms with van der Waals surface area (Å²) < 4.78 is 0. The standard InChI is InChI=1S/C2H4Cl2S2/c3-1-2-5-6-4/h1-2H2. The highest BCUT2D eigenvalue weighted by atomic mass is 35.7. The smallest absolute Gasteiger partial charge is 0.0323 e. The molecule has 0 atom stereocenters. The fourth-order valence-electron chi connectivity index (χ4n) is 0.0630. The zero-order valence-electron chi connectivity index (χ0n) is 2.99. The van der Waals surface area contributed by atoms with E-state index in [0.717, 1.165) is 5.75 Å². The van der Waals surface area contributed by atoms with Crippen molar-refractivity contribution in [1.82, 2.24) is 0 Å². The van der Waals surface area contributed by atoms with E-state index in [2.05, 4.69) is 0 Å². The molecule has 0 radical (unpaired) electrons. The fraction of sp³-hybridized carbons (Fsp3) is 1.00. The minimum Gasteiger partial charge on any atom is -0.126 e. The van der Waals surface area contributed by atoms with Crippen molar-refractivity contribution in [1.29, 1.82) is 0 Å². The summed E-state index contributed by atoms with van der Waals surface area (Å²) >= 11 is 5.29. The lowest BCUT2D eigenvalue weighted by Crippen LogP contribution is -1.69. The monoisotopic (exact) mass is 162 g/mol. The van der Waals surface area contributed by atoms with Crippen LogP contribution in [0.25, 0.3) is 0 Å². The largest absolute Gasteiger partial charge is 0.126 e. The van der Waals surface area contributed by atoms with Gasteiger partial charge in [0.1, 0.15) is 0 Å². The Hall–Kier alpha value is 1.28. The van der Waals surface area contributed by atoms with Gasteiger partial charge < -0.3 is 0 Å². The van der Waals surface area contributed by atoms with Gasteiger partial charge in [0.05, 0.1) is 0 Å². The molecular weight excluding hydrogens is 159 g/mol. The summed E-state index contributed by atoms with van der Waals surface area (Å²) in [7, 11) is 7.99. The molecule has 0 N–H and O–H groups in total. The SMILES string of the molecule is ClCCSSCl. The number of halogens is 2. The maximum atomic E-state index is 5.29. The minimum absolute atomic E-state index is 0.685. The van der Waals surface area contributed by atoms with E-state index in [-0.39, 0.29) is 0 Å². The summed E-state index contributed by atoms with van der Waals surface area (Å²) in [5, 5.41) is 0. The van der Waals surface area contributed by atoms with Crippen molar-refractivity contribution in [2.45, 2.75) is 0 Å². The van der Waals surface area contributed by atoms with E-state index in [0.29, 0.717) is 5.88 Å². The van der Waals surface area contributed by atoms with Crippen LogP contribution in [0.3, 0.4) is 0 Å². The highest BCUT2D eigenvalue weighted by Gasteiger charge is 1.79. The van der Waals surface area contributed by atoms with Gasteiger partial charge in [-0.3, -0.25) is 0 Å². The van der Waals surface area contributed by atoms with Crippen LogP contribution in [0.5, 0.6) is 0 Å². The Morgan fingerprint density at radius 1 is 1.50 bits per heavy atom. The Morgan fingerprint density at radius 2 is 2.17 bits per heavy atom. The van der Waals surface area contributed by atoms with Crippen molar-refractivity contribution in [3.05, 3.63) is 0 Å². The van der Waals surface area contributed by atoms with Crippen LogP contribution >= 0.6 is 43.1 Å². The molecule has 0 nitrogen and oxygen atoms in total. The maximum Gasteiger partial charge on any atom is 0.0323 e. The summed E-state index contributed by atoms with van der Waals surface area (Å²) in [6, 6.07) is 0. The zero-order valence-corrected chi connectivity index (χ0v) is 6.13. The van der Waals surface area contributed by atoms with Crippen LogP contribution in [-0.4, -0.2) is 11.6 Å². The molecule has 0 unspecified atom stereocenters. The van der Waals surface area contributed by atoms with E-state index in [1.807, 2.05) is 0 Å². The second kappa shape index (κ2) is 6.28. The Balaban J connectivity index is 2.34. The van der Waals surface area contributed by atoms with Gasteiger partial charge in [0.2, 0.25) is 0 Å². The van der Waals surface area contributed by atoms with Gasteiger partial charge in [-0.1, -0.05) is 10.8 Å². The van der Waals surface area contributed by atoms with E-state index in [1.165, 1.54) is 10.0 Å². The fourth-order valence-corrected chi connectivity index (χ4v) is 1.70. The average Bonchev–Trinajstić information content (AvgIpc) is 1.61. The first kappa shape index (κ1) is 7.28. The van der Waals surface area contributed by atoms with Crippen molar-refractivity contribution in [2.24, 2.45) is 0 Å². The number of alkyl halides is 1. The second-order valence-electron chi connectivity index (χ2n) is 0.574. The molecule has 0 aliphatic rings. The third kappa shape index (κ3) is 5.28. The highest BCUT2D eigenvalue weighted by molar-refractivity contribution is 8.85. The highest BCUT2D eigenvalue weighted by Crippen LogP contribution is 2.24.